The van der Waals surface area contributed by atoms with Gasteiger partial charge in [0.25, 0.3) is 0 Å². The van der Waals surface area contributed by atoms with Crippen molar-refractivity contribution in [1.82, 2.24) is 0 Å². The summed E-state index contributed by atoms with van der Waals surface area (Å²) in [5, 5.41) is 19.3. The molecule has 0 aliphatic heterocycles. The molecule has 0 unspecified atom stereocenters. The zero-order chi connectivity index (χ0) is 19.4. The molecule has 1 rings (SSSR count). The zero-order valence-corrected chi connectivity index (χ0v) is 15.3. The van der Waals surface area contributed by atoms with Crippen LogP contribution in [-0.2, 0) is 23.9 Å². The highest BCUT2D eigenvalue weighted by Gasteiger charge is 2.61. The molecule has 0 saturated heterocycles. The molecular weight excluding hydrogens is 324 g/mol. The maximum atomic E-state index is 12.6. The van der Waals surface area contributed by atoms with Crippen molar-refractivity contribution in [2.24, 2.45) is 28.6 Å². The van der Waals surface area contributed by atoms with Gasteiger partial charge in [0, 0.05) is 12.3 Å². The first-order chi connectivity index (χ1) is 11.6. The Morgan fingerprint density at radius 3 is 2.20 bits per heavy atom. The van der Waals surface area contributed by atoms with E-state index >= 15 is 0 Å². The number of carbonyl (C=O) groups is 3. The van der Waals surface area contributed by atoms with E-state index < -0.39 is 29.2 Å². The minimum atomic E-state index is -2.21. The van der Waals surface area contributed by atoms with Crippen molar-refractivity contribution in [3.8, 4) is 12.1 Å². The maximum absolute atomic E-state index is 12.6. The number of methoxy groups -OCH3 is 2. The van der Waals surface area contributed by atoms with E-state index in [0.717, 1.165) is 14.2 Å². The van der Waals surface area contributed by atoms with E-state index in [1.54, 1.807) is 12.1 Å². The fourth-order valence-electron chi connectivity index (χ4n) is 3.53. The predicted octanol–water partition coefficient (Wildman–Crippen LogP) is 2.01. The third kappa shape index (κ3) is 3.66. The van der Waals surface area contributed by atoms with E-state index in [1.807, 2.05) is 20.8 Å². The number of nitriles is 2. The van der Waals surface area contributed by atoms with Crippen molar-refractivity contribution in [3.05, 3.63) is 0 Å². The van der Waals surface area contributed by atoms with Crippen molar-refractivity contribution in [3.63, 3.8) is 0 Å². The van der Waals surface area contributed by atoms with E-state index in [4.69, 9.17) is 4.74 Å². The minimum absolute atomic E-state index is 0.0598. The summed E-state index contributed by atoms with van der Waals surface area (Å²) in [6.07, 6.45) is 1.06. The third-order valence-corrected chi connectivity index (χ3v) is 5.15. The van der Waals surface area contributed by atoms with Crippen LogP contribution in [0, 0.1) is 51.2 Å². The van der Waals surface area contributed by atoms with Crippen molar-refractivity contribution in [2.45, 2.75) is 40.0 Å². The van der Waals surface area contributed by atoms with Gasteiger partial charge in [-0.1, -0.05) is 20.8 Å². The summed E-state index contributed by atoms with van der Waals surface area (Å²) >= 11 is 0. The van der Waals surface area contributed by atoms with Crippen molar-refractivity contribution in [2.75, 3.05) is 14.2 Å². The fraction of sp³-hybridized carbons (Fsp3) is 0.722. The van der Waals surface area contributed by atoms with Crippen LogP contribution in [-0.4, -0.2) is 31.9 Å². The highest BCUT2D eigenvalue weighted by atomic mass is 16.5. The lowest BCUT2D eigenvalue weighted by atomic mass is 9.58. The Morgan fingerprint density at radius 2 is 1.80 bits per heavy atom. The van der Waals surface area contributed by atoms with Crippen LogP contribution >= 0.6 is 0 Å². The second-order valence-corrected chi connectivity index (χ2v) is 7.41. The van der Waals surface area contributed by atoms with Gasteiger partial charge in [0.05, 0.1) is 26.4 Å². The van der Waals surface area contributed by atoms with E-state index in [9.17, 15) is 24.9 Å². The Bertz CT molecular complexity index is 637. The Labute approximate surface area is 147 Å². The molecule has 7 nitrogen and oxygen atoms in total. The lowest BCUT2D eigenvalue weighted by Crippen LogP contribution is -2.52. The van der Waals surface area contributed by atoms with Crippen LogP contribution in [0.4, 0.5) is 0 Å². The van der Waals surface area contributed by atoms with Gasteiger partial charge >= 0.3 is 11.9 Å². The first-order valence-corrected chi connectivity index (χ1v) is 8.09. The van der Waals surface area contributed by atoms with Gasteiger partial charge in [-0.25, -0.2) is 0 Å². The molecule has 0 amide bonds. The van der Waals surface area contributed by atoms with Crippen molar-refractivity contribution in [1.29, 1.82) is 10.5 Å². The van der Waals surface area contributed by atoms with Gasteiger partial charge in [-0.3, -0.25) is 14.4 Å². The predicted molar refractivity (Wildman–Crippen MR) is 86.5 cm³/mol. The van der Waals surface area contributed by atoms with Crippen LogP contribution in [0.1, 0.15) is 40.0 Å². The van der Waals surface area contributed by atoms with Crippen molar-refractivity contribution < 1.29 is 23.9 Å². The number of ketones is 1. The van der Waals surface area contributed by atoms with E-state index in [0.29, 0.717) is 6.42 Å². The molecule has 0 heterocycles. The quantitative estimate of drug-likeness (QED) is 0.713. The van der Waals surface area contributed by atoms with Gasteiger partial charge < -0.3 is 9.47 Å². The molecule has 1 aliphatic rings. The molecule has 0 bridgehead atoms. The summed E-state index contributed by atoms with van der Waals surface area (Å²) in [7, 11) is 2.13. The molecule has 0 aromatic carbocycles. The molecule has 136 valence electrons. The number of rotatable bonds is 4. The topological polar surface area (TPSA) is 117 Å². The first-order valence-electron chi connectivity index (χ1n) is 8.09. The summed E-state index contributed by atoms with van der Waals surface area (Å²) < 4.78 is 9.33. The molecule has 1 saturated carbocycles. The molecule has 0 N–H and O–H groups in total. The van der Waals surface area contributed by atoms with E-state index in [1.165, 1.54) is 0 Å². The summed E-state index contributed by atoms with van der Waals surface area (Å²) in [6.45, 7) is 6.04. The average molecular weight is 348 g/mol. The molecule has 4 atom stereocenters. The monoisotopic (exact) mass is 348 g/mol. The standard InChI is InChI=1S/C18H24N2O5/c1-17(2,3)11-6-7-14(21)12(8-11)18(10-20,16(23)25-5)13(9-19)15(22)24-4/h11-13H,6-8H2,1-5H3/t11-,12+,13+,18-/m1/s1. The SMILES string of the molecule is COC(=O)[C@H](C#N)[C@](C#N)(C(=O)OC)[C@H]1C[C@H](C(C)(C)C)CCC1=O. The summed E-state index contributed by atoms with van der Waals surface area (Å²) in [5.41, 5.74) is -2.36. The molecular formula is C18H24N2O5. The van der Waals surface area contributed by atoms with Crippen LogP contribution in [0.15, 0.2) is 0 Å². The first kappa shape index (κ1) is 20.6. The number of ether oxygens (including phenoxy) is 2. The Kier molecular flexibility index (Phi) is 6.31. The van der Waals surface area contributed by atoms with Gasteiger partial charge in [0.15, 0.2) is 11.3 Å². The number of hydrogen-bond donors (Lipinski definition) is 0. The number of nitrogens with zero attached hydrogens (tertiary/aromatic N) is 2. The van der Waals surface area contributed by atoms with Crippen LogP contribution in [0.5, 0.6) is 0 Å². The van der Waals surface area contributed by atoms with Gasteiger partial charge in [0.2, 0.25) is 0 Å². The molecule has 7 heteroatoms. The lowest BCUT2D eigenvalue weighted by Gasteiger charge is -2.42. The van der Waals surface area contributed by atoms with Crippen LogP contribution in [0.3, 0.4) is 0 Å². The maximum Gasteiger partial charge on any atom is 0.328 e. The molecule has 1 fully saturated rings. The number of esters is 2. The van der Waals surface area contributed by atoms with Crippen LogP contribution in [0.2, 0.25) is 0 Å². The van der Waals surface area contributed by atoms with Crippen molar-refractivity contribution >= 4 is 17.7 Å². The largest absolute Gasteiger partial charge is 0.468 e. The van der Waals surface area contributed by atoms with E-state index in [-0.39, 0.29) is 30.0 Å². The molecule has 25 heavy (non-hydrogen) atoms. The van der Waals surface area contributed by atoms with Gasteiger partial charge in [-0.15, -0.1) is 0 Å². The van der Waals surface area contributed by atoms with Gasteiger partial charge in [0.1, 0.15) is 5.78 Å². The minimum Gasteiger partial charge on any atom is -0.468 e. The zero-order valence-electron chi connectivity index (χ0n) is 15.3. The van der Waals surface area contributed by atoms with Crippen LogP contribution < -0.4 is 0 Å². The Hall–Kier alpha value is -2.41. The normalized spacial score (nSPS) is 24.2. The Balaban J connectivity index is 3.53. The van der Waals surface area contributed by atoms with E-state index in [2.05, 4.69) is 4.74 Å². The van der Waals surface area contributed by atoms with Gasteiger partial charge in [-0.2, -0.15) is 10.5 Å². The molecule has 0 spiro atoms. The number of Topliss-reactive ketones (excluding diaryl/α,β-unsaturated/α-hetero) is 1. The smallest absolute Gasteiger partial charge is 0.328 e. The summed E-state index contributed by atoms with van der Waals surface area (Å²) in [4.78, 5) is 37.2. The highest BCUT2D eigenvalue weighted by molar-refractivity contribution is 5.96. The number of carbonyl (C=O) groups excluding carboxylic acids is 3. The lowest BCUT2D eigenvalue weighted by molar-refractivity contribution is -0.167. The second-order valence-electron chi connectivity index (χ2n) is 7.41. The van der Waals surface area contributed by atoms with Crippen LogP contribution in [0.25, 0.3) is 0 Å². The summed E-state index contributed by atoms with van der Waals surface area (Å²) in [5.74, 6) is -5.16. The second kappa shape index (κ2) is 7.65. The number of hydrogen-bond acceptors (Lipinski definition) is 7. The summed E-state index contributed by atoms with van der Waals surface area (Å²) in [6, 6.07) is 3.47. The fourth-order valence-corrected chi connectivity index (χ4v) is 3.53. The molecule has 0 aromatic heterocycles. The Morgan fingerprint density at radius 1 is 1.20 bits per heavy atom. The van der Waals surface area contributed by atoms with Gasteiger partial charge in [-0.05, 0) is 24.2 Å². The highest BCUT2D eigenvalue weighted by Crippen LogP contribution is 2.48. The molecule has 0 aromatic rings. The average Bonchev–Trinajstić information content (AvgIpc) is 2.58. The molecule has 0 radical (unpaired) electrons. The third-order valence-electron chi connectivity index (χ3n) is 5.15. The molecule has 1 aliphatic carbocycles.